The monoisotopic (exact) mass is 358 g/mol. The molecule has 2 unspecified atom stereocenters. The molecule has 2 aromatic rings. The largest absolute Gasteiger partial charge is 0.356 e. The highest BCUT2D eigenvalue weighted by Gasteiger charge is 2.38. The summed E-state index contributed by atoms with van der Waals surface area (Å²) in [5.41, 5.74) is 1.95. The molecule has 22 heavy (non-hydrogen) atoms. The minimum absolute atomic E-state index is 0.0619. The Kier molecular flexibility index (Phi) is 4.37. The fraction of sp³-hybridized carbons (Fsp3) is 0.308. The van der Waals surface area contributed by atoms with E-state index in [4.69, 9.17) is 23.2 Å². The van der Waals surface area contributed by atoms with Crippen LogP contribution in [0.1, 0.15) is 26.6 Å². The zero-order chi connectivity index (χ0) is 15.7. The fourth-order valence-corrected chi connectivity index (χ4v) is 3.16. The van der Waals surface area contributed by atoms with Gasteiger partial charge >= 0.3 is 0 Å². The summed E-state index contributed by atoms with van der Waals surface area (Å²) in [6, 6.07) is 1.63. The lowest BCUT2D eigenvalue weighted by Crippen LogP contribution is -2.31. The minimum Gasteiger partial charge on any atom is -0.356 e. The third kappa shape index (κ3) is 3.43. The van der Waals surface area contributed by atoms with Gasteiger partial charge < -0.3 is 15.6 Å². The molecule has 1 aliphatic carbocycles. The van der Waals surface area contributed by atoms with Crippen LogP contribution >= 0.6 is 34.5 Å². The summed E-state index contributed by atoms with van der Waals surface area (Å²) in [5, 5.41) is 6.40. The molecule has 0 bridgehead atoms. The number of aromatic amines is 1. The summed E-state index contributed by atoms with van der Waals surface area (Å²) in [6.07, 6.45) is 2.39. The number of aromatic nitrogens is 2. The van der Waals surface area contributed by atoms with Gasteiger partial charge in [0.05, 0.1) is 10.5 Å². The molecular weight excluding hydrogens is 347 g/mol. The number of hydrogen-bond acceptors (Lipinski definition) is 4. The predicted octanol–water partition coefficient (Wildman–Crippen LogP) is 2.33. The van der Waals surface area contributed by atoms with Gasteiger partial charge in [-0.25, -0.2) is 4.98 Å². The van der Waals surface area contributed by atoms with Crippen LogP contribution in [0.2, 0.25) is 10.2 Å². The van der Waals surface area contributed by atoms with E-state index in [9.17, 15) is 9.59 Å². The van der Waals surface area contributed by atoms with Crippen molar-refractivity contribution < 1.29 is 9.59 Å². The average molecular weight is 359 g/mol. The van der Waals surface area contributed by atoms with E-state index in [0.717, 1.165) is 6.42 Å². The maximum atomic E-state index is 11.9. The molecule has 9 heteroatoms. The zero-order valence-electron chi connectivity index (χ0n) is 11.2. The molecule has 2 atom stereocenters. The van der Waals surface area contributed by atoms with Crippen LogP contribution in [0.5, 0.6) is 0 Å². The van der Waals surface area contributed by atoms with E-state index in [-0.39, 0.29) is 28.9 Å². The number of nitrogens with one attached hydrogen (secondary N) is 3. The molecule has 0 spiro atoms. The van der Waals surface area contributed by atoms with Crippen LogP contribution in [0, 0.1) is 5.92 Å². The molecule has 2 heterocycles. The van der Waals surface area contributed by atoms with Gasteiger partial charge in [-0.3, -0.25) is 9.59 Å². The third-order valence-corrected chi connectivity index (χ3v) is 4.83. The molecule has 116 valence electrons. The van der Waals surface area contributed by atoms with Crippen molar-refractivity contribution in [1.82, 2.24) is 20.6 Å². The summed E-state index contributed by atoms with van der Waals surface area (Å²) < 4.78 is 0. The topological polar surface area (TPSA) is 86.9 Å². The van der Waals surface area contributed by atoms with Crippen molar-refractivity contribution in [2.75, 3.05) is 6.54 Å². The number of rotatable bonds is 5. The molecule has 1 aliphatic rings. The number of thiazole rings is 1. The van der Waals surface area contributed by atoms with Gasteiger partial charge in [-0.2, -0.15) is 0 Å². The molecule has 1 saturated carbocycles. The highest BCUT2D eigenvalue weighted by atomic mass is 35.5. The number of carbonyl (C=O) groups is 2. The number of H-pyrrole nitrogens is 1. The molecule has 3 rings (SSSR count). The second-order valence-corrected chi connectivity index (χ2v) is 6.64. The maximum absolute atomic E-state index is 11.9. The van der Waals surface area contributed by atoms with Crippen molar-refractivity contribution in [3.05, 3.63) is 38.5 Å². The van der Waals surface area contributed by atoms with E-state index < -0.39 is 0 Å². The number of halogens is 2. The van der Waals surface area contributed by atoms with Crippen LogP contribution in [0.3, 0.4) is 0 Å². The number of carbonyl (C=O) groups excluding carboxylic acids is 2. The van der Waals surface area contributed by atoms with Gasteiger partial charge in [-0.15, -0.1) is 11.3 Å². The zero-order valence-corrected chi connectivity index (χ0v) is 13.6. The van der Waals surface area contributed by atoms with Crippen molar-refractivity contribution >= 4 is 46.4 Å². The molecule has 2 amide bonds. The van der Waals surface area contributed by atoms with E-state index in [0.29, 0.717) is 22.1 Å². The van der Waals surface area contributed by atoms with Gasteiger partial charge in [-0.1, -0.05) is 23.2 Å². The first-order valence-electron chi connectivity index (χ1n) is 6.56. The SMILES string of the molecule is O=C(NC1CC1CNC(=O)c1scnc1Cl)c1cc(Cl)c[nH]1. The quantitative estimate of drug-likeness (QED) is 0.766. The van der Waals surface area contributed by atoms with Crippen LogP contribution in [0.4, 0.5) is 0 Å². The Labute approximate surface area is 140 Å². The summed E-state index contributed by atoms with van der Waals surface area (Å²) in [7, 11) is 0. The van der Waals surface area contributed by atoms with Crippen molar-refractivity contribution in [2.24, 2.45) is 5.92 Å². The van der Waals surface area contributed by atoms with E-state index in [1.165, 1.54) is 16.8 Å². The normalized spacial score (nSPS) is 19.7. The molecule has 6 nitrogen and oxygen atoms in total. The molecule has 0 radical (unpaired) electrons. The summed E-state index contributed by atoms with van der Waals surface area (Å²) >= 11 is 12.8. The Morgan fingerprint density at radius 2 is 2.23 bits per heavy atom. The van der Waals surface area contributed by atoms with Gasteiger partial charge in [0.25, 0.3) is 11.8 Å². The third-order valence-electron chi connectivity index (χ3n) is 3.39. The highest BCUT2D eigenvalue weighted by molar-refractivity contribution is 7.12. The van der Waals surface area contributed by atoms with Gasteiger partial charge in [-0.05, 0) is 18.4 Å². The molecule has 0 aromatic carbocycles. The van der Waals surface area contributed by atoms with E-state index in [1.807, 2.05) is 0 Å². The molecule has 0 saturated heterocycles. The van der Waals surface area contributed by atoms with Crippen LogP contribution in [0.15, 0.2) is 17.8 Å². The highest BCUT2D eigenvalue weighted by Crippen LogP contribution is 2.30. The van der Waals surface area contributed by atoms with Crippen molar-refractivity contribution in [2.45, 2.75) is 12.5 Å². The maximum Gasteiger partial charge on any atom is 0.267 e. The van der Waals surface area contributed by atoms with Crippen LogP contribution < -0.4 is 10.6 Å². The fourth-order valence-electron chi connectivity index (χ4n) is 2.08. The van der Waals surface area contributed by atoms with E-state index in [2.05, 4.69) is 20.6 Å². The van der Waals surface area contributed by atoms with E-state index in [1.54, 1.807) is 12.3 Å². The molecule has 0 aliphatic heterocycles. The van der Waals surface area contributed by atoms with Gasteiger partial charge in [0.15, 0.2) is 5.15 Å². The number of hydrogen-bond donors (Lipinski definition) is 3. The Balaban J connectivity index is 1.44. The Morgan fingerprint density at radius 3 is 2.86 bits per heavy atom. The number of amides is 2. The molecule has 2 aromatic heterocycles. The molecule has 1 fully saturated rings. The Hall–Kier alpha value is -1.57. The molecular formula is C13H12Cl2N4O2S. The van der Waals surface area contributed by atoms with Crippen molar-refractivity contribution in [3.8, 4) is 0 Å². The second kappa shape index (κ2) is 6.28. The first-order valence-corrected chi connectivity index (χ1v) is 8.20. The lowest BCUT2D eigenvalue weighted by Gasteiger charge is -2.05. The lowest BCUT2D eigenvalue weighted by atomic mass is 10.3. The van der Waals surface area contributed by atoms with Gasteiger partial charge in [0.1, 0.15) is 10.6 Å². The lowest BCUT2D eigenvalue weighted by molar-refractivity contribution is 0.0945. The van der Waals surface area contributed by atoms with Gasteiger partial charge in [0, 0.05) is 18.8 Å². The van der Waals surface area contributed by atoms with Crippen molar-refractivity contribution in [1.29, 1.82) is 0 Å². The van der Waals surface area contributed by atoms with Gasteiger partial charge in [0.2, 0.25) is 0 Å². The smallest absolute Gasteiger partial charge is 0.267 e. The van der Waals surface area contributed by atoms with Crippen LogP contribution in [-0.4, -0.2) is 34.4 Å². The van der Waals surface area contributed by atoms with Crippen LogP contribution in [-0.2, 0) is 0 Å². The minimum atomic E-state index is -0.236. The summed E-state index contributed by atoms with van der Waals surface area (Å²) in [5.74, 6) is -0.207. The first kappa shape index (κ1) is 15.3. The summed E-state index contributed by atoms with van der Waals surface area (Å²) in [6.45, 7) is 0.490. The number of nitrogens with zero attached hydrogens (tertiary/aromatic N) is 1. The average Bonchev–Trinajstić information content (AvgIpc) is 2.85. The van der Waals surface area contributed by atoms with Crippen LogP contribution in [0.25, 0.3) is 0 Å². The predicted molar refractivity (Wildman–Crippen MR) is 84.6 cm³/mol. The summed E-state index contributed by atoms with van der Waals surface area (Å²) in [4.78, 5) is 30.8. The van der Waals surface area contributed by atoms with Crippen molar-refractivity contribution in [3.63, 3.8) is 0 Å². The Morgan fingerprint density at radius 1 is 1.41 bits per heavy atom. The van der Waals surface area contributed by atoms with E-state index >= 15 is 0 Å². The molecule has 3 N–H and O–H groups in total. The first-order chi connectivity index (χ1) is 10.5. The standard InChI is InChI=1S/C13H12Cl2N4O2S/c14-7-2-9(16-4-7)12(20)19-8-1-6(8)3-17-13(21)10-11(15)18-5-22-10/h2,4-6,8,16H,1,3H2,(H,17,21)(H,19,20). The second-order valence-electron chi connectivity index (χ2n) is 4.99. The Bertz CT molecular complexity index is 714.